The maximum absolute atomic E-state index is 4.15. The molecule has 2 aromatic rings. The van der Waals surface area contributed by atoms with Gasteiger partial charge < -0.3 is 10.3 Å². The van der Waals surface area contributed by atoms with E-state index in [-0.39, 0.29) is 0 Å². The molecule has 1 heterocycles. The summed E-state index contributed by atoms with van der Waals surface area (Å²) in [5.74, 6) is 0.933. The van der Waals surface area contributed by atoms with Crippen molar-refractivity contribution in [2.75, 3.05) is 5.32 Å². The number of hydrogen-bond acceptors (Lipinski definition) is 2. The smallest absolute Gasteiger partial charge is 0.125 e. The van der Waals surface area contributed by atoms with Crippen molar-refractivity contribution in [2.24, 2.45) is 0 Å². The summed E-state index contributed by atoms with van der Waals surface area (Å²) < 4.78 is 1.08. The van der Waals surface area contributed by atoms with Gasteiger partial charge in [-0.05, 0) is 40.5 Å². The minimum atomic E-state index is 0.703. The Balaban J connectivity index is 2.05. The van der Waals surface area contributed by atoms with E-state index in [9.17, 15) is 0 Å². The lowest BCUT2D eigenvalue weighted by atomic mass is 10.2. The average molecular weight is 266 g/mol. The molecule has 1 aromatic carbocycles. The Labute approximate surface area is 97.1 Å². The van der Waals surface area contributed by atoms with Crippen LogP contribution in [0, 0.1) is 6.92 Å². The first-order chi connectivity index (χ1) is 7.25. The Bertz CT molecular complexity index is 437. The highest BCUT2D eigenvalue weighted by Crippen LogP contribution is 2.23. The molecular weight excluding hydrogens is 254 g/mol. The molecule has 2 rings (SSSR count). The highest BCUT2D eigenvalue weighted by atomic mass is 79.9. The fraction of sp³-hybridized carbons (Fsp3) is 0.182. The lowest BCUT2D eigenvalue weighted by Crippen LogP contribution is -2.01. The van der Waals surface area contributed by atoms with Crippen LogP contribution in [0.4, 0.5) is 5.69 Å². The second-order valence-electron chi connectivity index (χ2n) is 3.37. The second-order valence-corrected chi connectivity index (χ2v) is 4.23. The number of aromatic nitrogens is 2. The molecule has 0 saturated heterocycles. The number of hydrogen-bond donors (Lipinski definition) is 2. The third kappa shape index (κ3) is 2.59. The van der Waals surface area contributed by atoms with Crippen molar-refractivity contribution < 1.29 is 0 Å². The molecule has 3 nitrogen and oxygen atoms in total. The summed E-state index contributed by atoms with van der Waals surface area (Å²) in [6.45, 7) is 2.77. The number of H-pyrrole nitrogens is 1. The Morgan fingerprint density at radius 2 is 2.33 bits per heavy atom. The number of aryl methyl sites for hydroxylation is 1. The van der Waals surface area contributed by atoms with E-state index in [0.29, 0.717) is 6.54 Å². The van der Waals surface area contributed by atoms with Gasteiger partial charge in [0.1, 0.15) is 5.82 Å². The molecule has 0 radical (unpaired) electrons. The van der Waals surface area contributed by atoms with E-state index in [0.717, 1.165) is 16.0 Å². The molecule has 0 spiro atoms. The quantitative estimate of drug-likeness (QED) is 0.896. The van der Waals surface area contributed by atoms with Crippen LogP contribution in [0.5, 0.6) is 0 Å². The summed E-state index contributed by atoms with van der Waals surface area (Å²) in [7, 11) is 0. The predicted molar refractivity (Wildman–Crippen MR) is 64.8 cm³/mol. The number of imidazole rings is 1. The number of nitrogens with zero attached hydrogens (tertiary/aromatic N) is 1. The monoisotopic (exact) mass is 265 g/mol. The third-order valence-electron chi connectivity index (χ3n) is 2.13. The molecule has 0 unspecified atom stereocenters. The molecule has 0 fully saturated rings. The summed E-state index contributed by atoms with van der Waals surface area (Å²) in [6, 6.07) is 6.22. The van der Waals surface area contributed by atoms with Crippen LogP contribution in [-0.2, 0) is 6.54 Å². The van der Waals surface area contributed by atoms with Crippen molar-refractivity contribution in [2.45, 2.75) is 13.5 Å². The van der Waals surface area contributed by atoms with Crippen molar-refractivity contribution in [3.05, 3.63) is 46.5 Å². The molecule has 15 heavy (non-hydrogen) atoms. The fourth-order valence-electron chi connectivity index (χ4n) is 1.34. The Kier molecular flexibility index (Phi) is 3.06. The van der Waals surface area contributed by atoms with E-state index in [1.54, 1.807) is 6.20 Å². The molecule has 0 amide bonds. The maximum Gasteiger partial charge on any atom is 0.125 e. The van der Waals surface area contributed by atoms with E-state index in [1.807, 2.05) is 6.20 Å². The summed E-state index contributed by atoms with van der Waals surface area (Å²) in [6.07, 6.45) is 3.57. The van der Waals surface area contributed by atoms with Gasteiger partial charge >= 0.3 is 0 Å². The molecule has 0 bridgehead atoms. The zero-order valence-electron chi connectivity index (χ0n) is 8.42. The first-order valence-corrected chi connectivity index (χ1v) is 5.53. The Morgan fingerprint density at radius 1 is 1.47 bits per heavy atom. The van der Waals surface area contributed by atoms with Gasteiger partial charge in [0, 0.05) is 22.6 Å². The number of nitrogens with one attached hydrogen (secondary N) is 2. The first-order valence-electron chi connectivity index (χ1n) is 4.74. The van der Waals surface area contributed by atoms with Crippen molar-refractivity contribution in [1.82, 2.24) is 9.97 Å². The lowest BCUT2D eigenvalue weighted by molar-refractivity contribution is 0.999. The lowest BCUT2D eigenvalue weighted by Gasteiger charge is -2.07. The normalized spacial score (nSPS) is 10.3. The van der Waals surface area contributed by atoms with E-state index >= 15 is 0 Å². The molecule has 0 saturated carbocycles. The van der Waals surface area contributed by atoms with Crippen molar-refractivity contribution >= 4 is 21.6 Å². The third-order valence-corrected chi connectivity index (χ3v) is 2.78. The Hall–Kier alpha value is -1.29. The summed E-state index contributed by atoms with van der Waals surface area (Å²) >= 11 is 3.52. The van der Waals surface area contributed by atoms with E-state index in [2.05, 4.69) is 56.3 Å². The molecule has 0 aliphatic rings. The van der Waals surface area contributed by atoms with Crippen molar-refractivity contribution in [3.63, 3.8) is 0 Å². The summed E-state index contributed by atoms with van der Waals surface area (Å²) in [5.41, 5.74) is 2.32. The molecule has 2 N–H and O–H groups in total. The van der Waals surface area contributed by atoms with Crippen LogP contribution in [0.3, 0.4) is 0 Å². The van der Waals surface area contributed by atoms with Gasteiger partial charge in [0.25, 0.3) is 0 Å². The van der Waals surface area contributed by atoms with Crippen LogP contribution in [0.1, 0.15) is 11.4 Å². The zero-order valence-corrected chi connectivity index (χ0v) is 10.0. The maximum atomic E-state index is 4.15. The molecule has 4 heteroatoms. The number of benzene rings is 1. The minimum absolute atomic E-state index is 0.703. The molecule has 1 aromatic heterocycles. The Morgan fingerprint density at radius 3 is 3.00 bits per heavy atom. The standard InChI is InChI=1S/C11H12BrN3/c1-8-2-3-10(9(12)6-8)15-7-11-13-4-5-14-11/h2-6,15H,7H2,1H3,(H,13,14). The van der Waals surface area contributed by atoms with Gasteiger partial charge in [0.05, 0.1) is 6.54 Å². The van der Waals surface area contributed by atoms with Gasteiger partial charge in [-0.2, -0.15) is 0 Å². The first kappa shape index (κ1) is 10.2. The molecule has 0 aliphatic carbocycles. The number of halogens is 1. The summed E-state index contributed by atoms with van der Waals surface area (Å²) in [4.78, 5) is 7.19. The van der Waals surface area contributed by atoms with Crippen molar-refractivity contribution in [1.29, 1.82) is 0 Å². The molecule has 0 aliphatic heterocycles. The van der Waals surface area contributed by atoms with E-state index < -0.39 is 0 Å². The second kappa shape index (κ2) is 4.49. The van der Waals surface area contributed by atoms with Crippen LogP contribution < -0.4 is 5.32 Å². The zero-order chi connectivity index (χ0) is 10.7. The SMILES string of the molecule is Cc1ccc(NCc2ncc[nH]2)c(Br)c1. The van der Waals surface area contributed by atoms with Crippen LogP contribution in [0.2, 0.25) is 0 Å². The van der Waals surface area contributed by atoms with Gasteiger partial charge in [0.2, 0.25) is 0 Å². The van der Waals surface area contributed by atoms with Gasteiger partial charge in [-0.1, -0.05) is 6.07 Å². The average Bonchev–Trinajstić information content (AvgIpc) is 2.69. The highest BCUT2D eigenvalue weighted by molar-refractivity contribution is 9.10. The largest absolute Gasteiger partial charge is 0.377 e. The molecular formula is C11H12BrN3. The summed E-state index contributed by atoms with van der Waals surface area (Å²) in [5, 5.41) is 3.30. The number of rotatable bonds is 3. The fourth-order valence-corrected chi connectivity index (χ4v) is 1.97. The van der Waals surface area contributed by atoms with Crippen LogP contribution in [-0.4, -0.2) is 9.97 Å². The number of aromatic amines is 1. The minimum Gasteiger partial charge on any atom is -0.377 e. The van der Waals surface area contributed by atoms with Gasteiger partial charge in [-0.25, -0.2) is 4.98 Å². The van der Waals surface area contributed by atoms with Crippen LogP contribution in [0.15, 0.2) is 35.1 Å². The molecule has 0 atom stereocenters. The predicted octanol–water partition coefficient (Wildman–Crippen LogP) is 3.09. The van der Waals surface area contributed by atoms with Gasteiger partial charge in [0.15, 0.2) is 0 Å². The van der Waals surface area contributed by atoms with E-state index in [1.165, 1.54) is 5.56 Å². The van der Waals surface area contributed by atoms with Crippen LogP contribution in [0.25, 0.3) is 0 Å². The van der Waals surface area contributed by atoms with Crippen molar-refractivity contribution in [3.8, 4) is 0 Å². The number of anilines is 1. The van der Waals surface area contributed by atoms with Gasteiger partial charge in [-0.3, -0.25) is 0 Å². The topological polar surface area (TPSA) is 40.7 Å². The highest BCUT2D eigenvalue weighted by Gasteiger charge is 2.00. The van der Waals surface area contributed by atoms with Gasteiger partial charge in [-0.15, -0.1) is 0 Å². The van der Waals surface area contributed by atoms with Crippen LogP contribution >= 0.6 is 15.9 Å². The van der Waals surface area contributed by atoms with E-state index in [4.69, 9.17) is 0 Å². The molecule has 78 valence electrons.